The molecule has 3 rings (SSSR count). The molecule has 1 saturated heterocycles. The van der Waals surface area contributed by atoms with E-state index in [1.807, 2.05) is 4.90 Å². The third kappa shape index (κ3) is 3.33. The third-order valence-corrected chi connectivity index (χ3v) is 5.03. The van der Waals surface area contributed by atoms with Crippen molar-refractivity contribution < 1.29 is 14.7 Å². The van der Waals surface area contributed by atoms with Crippen molar-refractivity contribution in [3.63, 3.8) is 0 Å². The zero-order valence-electron chi connectivity index (χ0n) is 13.5. The van der Waals surface area contributed by atoms with Crippen molar-refractivity contribution in [2.75, 3.05) is 6.54 Å². The minimum absolute atomic E-state index is 0.0431. The van der Waals surface area contributed by atoms with E-state index < -0.39 is 6.04 Å². The van der Waals surface area contributed by atoms with Gasteiger partial charge in [0, 0.05) is 18.2 Å². The van der Waals surface area contributed by atoms with E-state index >= 15 is 0 Å². The minimum Gasteiger partial charge on any atom is -0.508 e. The average Bonchev–Trinajstić information content (AvgIpc) is 2.92. The van der Waals surface area contributed by atoms with Crippen LogP contribution in [0.15, 0.2) is 18.2 Å². The van der Waals surface area contributed by atoms with Gasteiger partial charge in [-0.25, -0.2) is 0 Å². The molecule has 23 heavy (non-hydrogen) atoms. The van der Waals surface area contributed by atoms with Crippen LogP contribution in [0.2, 0.25) is 0 Å². The van der Waals surface area contributed by atoms with Crippen LogP contribution in [-0.2, 0) is 4.79 Å². The van der Waals surface area contributed by atoms with Crippen LogP contribution in [0.25, 0.3) is 0 Å². The maximum atomic E-state index is 12.6. The first kappa shape index (κ1) is 15.8. The number of hydrogen-bond acceptors (Lipinski definition) is 3. The number of carbonyl (C=O) groups excluding carboxylic acids is 2. The second kappa shape index (κ2) is 6.60. The smallest absolute Gasteiger partial charge is 0.252 e. The fraction of sp³-hybridized carbons (Fsp3) is 0.556. The normalized spacial score (nSPS) is 22.4. The lowest BCUT2D eigenvalue weighted by atomic mass is 9.94. The van der Waals surface area contributed by atoms with E-state index in [9.17, 15) is 14.7 Å². The van der Waals surface area contributed by atoms with Gasteiger partial charge >= 0.3 is 0 Å². The molecule has 2 N–H and O–H groups in total. The Kier molecular flexibility index (Phi) is 4.55. The van der Waals surface area contributed by atoms with E-state index in [1.165, 1.54) is 25.3 Å². The third-order valence-electron chi connectivity index (χ3n) is 5.03. The molecule has 1 aromatic rings. The molecule has 0 aromatic heterocycles. The average molecular weight is 316 g/mol. The van der Waals surface area contributed by atoms with E-state index in [0.717, 1.165) is 24.9 Å². The number of benzene rings is 1. The predicted molar refractivity (Wildman–Crippen MR) is 87.3 cm³/mol. The molecular formula is C18H24N2O3. The van der Waals surface area contributed by atoms with Gasteiger partial charge in [0.15, 0.2) is 0 Å². The van der Waals surface area contributed by atoms with Crippen molar-refractivity contribution in [3.8, 4) is 5.75 Å². The summed E-state index contributed by atoms with van der Waals surface area (Å²) in [5, 5.41) is 12.5. The molecule has 1 saturated carbocycles. The van der Waals surface area contributed by atoms with Crippen molar-refractivity contribution in [3.05, 3.63) is 29.3 Å². The fourth-order valence-electron chi connectivity index (χ4n) is 3.58. The summed E-state index contributed by atoms with van der Waals surface area (Å²) in [5.41, 5.74) is 1.11. The van der Waals surface area contributed by atoms with E-state index in [0.29, 0.717) is 18.0 Å². The topological polar surface area (TPSA) is 69.6 Å². The Morgan fingerprint density at radius 3 is 2.65 bits per heavy atom. The number of amides is 2. The van der Waals surface area contributed by atoms with Crippen LogP contribution in [0.3, 0.4) is 0 Å². The molecule has 1 aliphatic carbocycles. The zero-order chi connectivity index (χ0) is 16.4. The summed E-state index contributed by atoms with van der Waals surface area (Å²) in [6, 6.07) is 4.73. The van der Waals surface area contributed by atoms with Crippen LogP contribution >= 0.6 is 0 Å². The number of rotatable bonds is 3. The highest BCUT2D eigenvalue weighted by molar-refractivity contribution is 5.98. The first-order valence-corrected chi connectivity index (χ1v) is 8.47. The Labute approximate surface area is 136 Å². The van der Waals surface area contributed by atoms with Crippen molar-refractivity contribution in [1.82, 2.24) is 10.2 Å². The molecule has 0 bridgehead atoms. The number of phenols is 1. The van der Waals surface area contributed by atoms with Gasteiger partial charge < -0.3 is 15.3 Å². The van der Waals surface area contributed by atoms with Gasteiger partial charge in [-0.15, -0.1) is 0 Å². The number of carbonyl (C=O) groups is 2. The molecule has 0 radical (unpaired) electrons. The van der Waals surface area contributed by atoms with Gasteiger partial charge in [0.1, 0.15) is 11.8 Å². The molecule has 5 nitrogen and oxygen atoms in total. The van der Waals surface area contributed by atoms with E-state index in [-0.39, 0.29) is 17.6 Å². The molecule has 5 heteroatoms. The van der Waals surface area contributed by atoms with Gasteiger partial charge in [0.05, 0.1) is 0 Å². The van der Waals surface area contributed by atoms with Gasteiger partial charge in [-0.3, -0.25) is 9.59 Å². The van der Waals surface area contributed by atoms with Crippen LogP contribution < -0.4 is 5.32 Å². The summed E-state index contributed by atoms with van der Waals surface area (Å²) in [6.45, 7) is 2.51. The molecule has 2 fully saturated rings. The van der Waals surface area contributed by atoms with E-state index in [4.69, 9.17) is 0 Å². The van der Waals surface area contributed by atoms with Crippen molar-refractivity contribution in [2.24, 2.45) is 0 Å². The summed E-state index contributed by atoms with van der Waals surface area (Å²) in [5.74, 6) is -0.162. The highest BCUT2D eigenvalue weighted by atomic mass is 16.3. The number of phenolic OH excluding ortho intramolecular Hbond substituents is 1. The molecule has 0 spiro atoms. The molecule has 1 atom stereocenters. The Morgan fingerprint density at radius 1 is 1.22 bits per heavy atom. The molecule has 1 heterocycles. The zero-order valence-corrected chi connectivity index (χ0v) is 13.5. The molecule has 124 valence electrons. The quantitative estimate of drug-likeness (QED) is 0.899. The van der Waals surface area contributed by atoms with E-state index in [1.54, 1.807) is 19.1 Å². The summed E-state index contributed by atoms with van der Waals surface area (Å²) in [4.78, 5) is 26.8. The van der Waals surface area contributed by atoms with E-state index in [2.05, 4.69) is 5.32 Å². The molecule has 1 aliphatic heterocycles. The second-order valence-electron chi connectivity index (χ2n) is 6.64. The lowest BCUT2D eigenvalue weighted by Gasteiger charge is -2.31. The number of nitrogens with zero attached hydrogens (tertiary/aromatic N) is 1. The summed E-state index contributed by atoms with van der Waals surface area (Å²) in [7, 11) is 0. The first-order valence-electron chi connectivity index (χ1n) is 8.47. The maximum absolute atomic E-state index is 12.6. The lowest BCUT2D eigenvalue weighted by Crippen LogP contribution is -2.45. The summed E-state index contributed by atoms with van der Waals surface area (Å²) < 4.78 is 0. The largest absolute Gasteiger partial charge is 0.508 e. The summed E-state index contributed by atoms with van der Waals surface area (Å²) >= 11 is 0. The van der Waals surface area contributed by atoms with Crippen LogP contribution in [0.5, 0.6) is 5.75 Å². The van der Waals surface area contributed by atoms with Gasteiger partial charge in [-0.2, -0.15) is 0 Å². The summed E-state index contributed by atoms with van der Waals surface area (Å²) in [6.07, 6.45) is 6.47. The minimum atomic E-state index is -0.437. The number of hydrogen-bond donors (Lipinski definition) is 2. The van der Waals surface area contributed by atoms with Crippen molar-refractivity contribution >= 4 is 11.8 Å². The number of aromatic hydroxyl groups is 1. The molecule has 2 amide bonds. The number of likely N-dealkylation sites (tertiary alicyclic amines) is 1. The lowest BCUT2D eigenvalue weighted by molar-refractivity contribution is -0.131. The molecule has 2 aliphatic rings. The molecule has 0 unspecified atom stereocenters. The Bertz CT molecular complexity index is 608. The molecular weight excluding hydrogens is 292 g/mol. The SMILES string of the molecule is Cc1ccc(C(=O)N[C@@H]2CCN(C3CCCCC3)C2=O)cc1O. The Morgan fingerprint density at radius 2 is 1.96 bits per heavy atom. The van der Waals surface area contributed by atoms with Gasteiger partial charge in [0.2, 0.25) is 5.91 Å². The van der Waals surface area contributed by atoms with Gasteiger partial charge in [0.25, 0.3) is 5.91 Å². The van der Waals surface area contributed by atoms with Gasteiger partial charge in [-0.05, 0) is 43.9 Å². The van der Waals surface area contributed by atoms with Gasteiger partial charge in [-0.1, -0.05) is 25.3 Å². The predicted octanol–water partition coefficient (Wildman–Crippen LogP) is 2.36. The number of aryl methyl sites for hydroxylation is 1. The molecule has 1 aromatic carbocycles. The van der Waals surface area contributed by atoms with Crippen molar-refractivity contribution in [2.45, 2.75) is 57.5 Å². The van der Waals surface area contributed by atoms with Crippen LogP contribution in [0.4, 0.5) is 0 Å². The fourth-order valence-corrected chi connectivity index (χ4v) is 3.58. The standard InChI is InChI=1S/C18H24N2O3/c1-12-7-8-13(11-16(12)21)17(22)19-15-9-10-20(18(15)23)14-5-3-2-4-6-14/h7-8,11,14-15,21H,2-6,9-10H2,1H3,(H,19,22)/t15-/m1/s1. The van der Waals surface area contributed by atoms with Crippen LogP contribution in [0.1, 0.15) is 54.4 Å². The monoisotopic (exact) mass is 316 g/mol. The first-order chi connectivity index (χ1) is 11.1. The second-order valence-corrected chi connectivity index (χ2v) is 6.64. The number of nitrogens with one attached hydrogen (secondary N) is 1. The Balaban J connectivity index is 1.62. The van der Waals surface area contributed by atoms with Crippen molar-refractivity contribution in [1.29, 1.82) is 0 Å². The van der Waals surface area contributed by atoms with Crippen LogP contribution in [-0.4, -0.2) is 40.4 Å². The highest BCUT2D eigenvalue weighted by Crippen LogP contribution is 2.26. The Hall–Kier alpha value is -2.04. The maximum Gasteiger partial charge on any atom is 0.252 e. The van der Waals surface area contributed by atoms with Crippen LogP contribution in [0, 0.1) is 6.92 Å². The highest BCUT2D eigenvalue weighted by Gasteiger charge is 2.37.